The van der Waals surface area contributed by atoms with Gasteiger partial charge in [0.05, 0.1) is 0 Å². The van der Waals surface area contributed by atoms with Crippen LogP contribution in [-0.2, 0) is 4.74 Å². The number of aliphatic hydroxyl groups excluding tert-OH is 1. The van der Waals surface area contributed by atoms with Gasteiger partial charge >= 0.3 is 0 Å². The molecule has 0 saturated heterocycles. The lowest BCUT2D eigenvalue weighted by Gasteiger charge is -2.19. The van der Waals surface area contributed by atoms with Gasteiger partial charge in [-0.15, -0.1) is 0 Å². The van der Waals surface area contributed by atoms with Crippen molar-refractivity contribution in [3.8, 4) is 0 Å². The molecular formula is C9H14O2. The summed E-state index contributed by atoms with van der Waals surface area (Å²) in [4.78, 5) is 0. The maximum Gasteiger partial charge on any atom is 0.105 e. The summed E-state index contributed by atoms with van der Waals surface area (Å²) in [5.41, 5.74) is 1.22. The number of hydrogen-bond acceptors (Lipinski definition) is 2. The minimum Gasteiger partial charge on any atom is -0.386 e. The predicted octanol–water partition coefficient (Wildman–Crippen LogP) is 1.27. The van der Waals surface area contributed by atoms with Crippen LogP contribution in [0, 0.1) is 0 Å². The van der Waals surface area contributed by atoms with Crippen LogP contribution in [0.25, 0.3) is 0 Å². The molecule has 1 aliphatic carbocycles. The van der Waals surface area contributed by atoms with Gasteiger partial charge in [-0.3, -0.25) is 0 Å². The van der Waals surface area contributed by atoms with Gasteiger partial charge in [0.25, 0.3) is 0 Å². The SMILES string of the molecule is CCC1=CC(OC)C(O)C=C1. The second-order valence-electron chi connectivity index (χ2n) is 2.65. The lowest BCUT2D eigenvalue weighted by molar-refractivity contribution is 0.0409. The van der Waals surface area contributed by atoms with Crippen molar-refractivity contribution < 1.29 is 9.84 Å². The van der Waals surface area contributed by atoms with Crippen LogP contribution >= 0.6 is 0 Å². The summed E-state index contributed by atoms with van der Waals surface area (Å²) in [6, 6.07) is 0. The molecule has 1 N–H and O–H groups in total. The molecule has 0 saturated carbocycles. The fourth-order valence-electron chi connectivity index (χ4n) is 1.14. The Morgan fingerprint density at radius 3 is 2.91 bits per heavy atom. The molecule has 2 heteroatoms. The maximum atomic E-state index is 9.33. The Kier molecular flexibility index (Phi) is 2.85. The molecule has 11 heavy (non-hydrogen) atoms. The Morgan fingerprint density at radius 2 is 2.36 bits per heavy atom. The first-order valence-electron chi connectivity index (χ1n) is 3.87. The fourth-order valence-corrected chi connectivity index (χ4v) is 1.14. The molecule has 0 bridgehead atoms. The molecule has 2 unspecified atom stereocenters. The molecule has 0 aromatic carbocycles. The minimum atomic E-state index is -0.477. The molecule has 0 aromatic heterocycles. The summed E-state index contributed by atoms with van der Waals surface area (Å²) in [6.07, 6.45) is 6.03. The van der Waals surface area contributed by atoms with Crippen molar-refractivity contribution in [2.75, 3.05) is 7.11 Å². The fraction of sp³-hybridized carbons (Fsp3) is 0.556. The molecule has 0 spiro atoms. The van der Waals surface area contributed by atoms with Crippen molar-refractivity contribution in [1.29, 1.82) is 0 Å². The van der Waals surface area contributed by atoms with Crippen LogP contribution in [0.4, 0.5) is 0 Å². The Balaban J connectivity index is 2.67. The van der Waals surface area contributed by atoms with Crippen molar-refractivity contribution >= 4 is 0 Å². The van der Waals surface area contributed by atoms with Crippen LogP contribution < -0.4 is 0 Å². The van der Waals surface area contributed by atoms with Crippen molar-refractivity contribution in [2.45, 2.75) is 25.6 Å². The second-order valence-corrected chi connectivity index (χ2v) is 2.65. The third kappa shape index (κ3) is 1.91. The van der Waals surface area contributed by atoms with E-state index < -0.39 is 6.10 Å². The number of aliphatic hydroxyl groups is 1. The van der Waals surface area contributed by atoms with Gasteiger partial charge < -0.3 is 9.84 Å². The zero-order chi connectivity index (χ0) is 8.27. The first-order valence-corrected chi connectivity index (χ1v) is 3.87. The molecule has 0 amide bonds. The molecular weight excluding hydrogens is 140 g/mol. The molecule has 0 radical (unpaired) electrons. The highest BCUT2D eigenvalue weighted by Gasteiger charge is 2.16. The molecule has 0 aliphatic heterocycles. The Morgan fingerprint density at radius 1 is 1.64 bits per heavy atom. The lowest BCUT2D eigenvalue weighted by Crippen LogP contribution is -2.26. The van der Waals surface area contributed by atoms with E-state index in [2.05, 4.69) is 6.92 Å². The summed E-state index contributed by atoms with van der Waals surface area (Å²) in [6.45, 7) is 2.08. The minimum absolute atomic E-state index is 0.157. The Hall–Kier alpha value is -0.600. The number of rotatable bonds is 2. The van der Waals surface area contributed by atoms with E-state index in [1.54, 1.807) is 13.2 Å². The first kappa shape index (κ1) is 8.50. The molecule has 2 nitrogen and oxygen atoms in total. The van der Waals surface area contributed by atoms with Crippen molar-refractivity contribution in [3.05, 3.63) is 23.8 Å². The smallest absolute Gasteiger partial charge is 0.105 e. The molecule has 2 atom stereocenters. The number of hydrogen-bond donors (Lipinski definition) is 1. The van der Waals surface area contributed by atoms with Gasteiger partial charge in [0.15, 0.2) is 0 Å². The van der Waals surface area contributed by atoms with Crippen LogP contribution in [0.3, 0.4) is 0 Å². The van der Waals surface area contributed by atoms with E-state index in [0.717, 1.165) is 6.42 Å². The second kappa shape index (κ2) is 3.69. The van der Waals surface area contributed by atoms with E-state index in [1.165, 1.54) is 5.57 Å². The molecule has 0 heterocycles. The average molecular weight is 154 g/mol. The summed E-state index contributed by atoms with van der Waals surface area (Å²) in [5.74, 6) is 0. The monoisotopic (exact) mass is 154 g/mol. The molecule has 0 fully saturated rings. The zero-order valence-electron chi connectivity index (χ0n) is 6.95. The Labute approximate surface area is 67.2 Å². The summed E-state index contributed by atoms with van der Waals surface area (Å²) in [5, 5.41) is 9.33. The molecule has 0 aromatic rings. The van der Waals surface area contributed by atoms with Crippen molar-refractivity contribution in [2.24, 2.45) is 0 Å². The van der Waals surface area contributed by atoms with Gasteiger partial charge in [0.1, 0.15) is 12.2 Å². The normalized spacial score (nSPS) is 30.3. The van der Waals surface area contributed by atoms with E-state index in [4.69, 9.17) is 4.74 Å². The van der Waals surface area contributed by atoms with E-state index in [0.29, 0.717) is 0 Å². The summed E-state index contributed by atoms with van der Waals surface area (Å²) >= 11 is 0. The van der Waals surface area contributed by atoms with Gasteiger partial charge in [-0.25, -0.2) is 0 Å². The van der Waals surface area contributed by atoms with Crippen LogP contribution in [0.5, 0.6) is 0 Å². The van der Waals surface area contributed by atoms with E-state index >= 15 is 0 Å². The largest absolute Gasteiger partial charge is 0.386 e. The predicted molar refractivity (Wildman–Crippen MR) is 44.3 cm³/mol. The van der Waals surface area contributed by atoms with Crippen LogP contribution in [0.2, 0.25) is 0 Å². The van der Waals surface area contributed by atoms with Crippen LogP contribution in [0.15, 0.2) is 23.8 Å². The van der Waals surface area contributed by atoms with Crippen molar-refractivity contribution in [3.63, 3.8) is 0 Å². The summed E-state index contributed by atoms with van der Waals surface area (Å²) in [7, 11) is 1.61. The third-order valence-electron chi connectivity index (χ3n) is 1.90. The topological polar surface area (TPSA) is 29.5 Å². The number of ether oxygens (including phenoxy) is 1. The first-order chi connectivity index (χ1) is 5.27. The standard InChI is InChI=1S/C9H14O2/c1-3-7-4-5-8(10)9(6-7)11-2/h4-6,8-10H,3H2,1-2H3. The van der Waals surface area contributed by atoms with Gasteiger partial charge in [-0.1, -0.05) is 19.1 Å². The maximum absolute atomic E-state index is 9.33. The third-order valence-corrected chi connectivity index (χ3v) is 1.90. The van der Waals surface area contributed by atoms with Crippen LogP contribution in [0.1, 0.15) is 13.3 Å². The van der Waals surface area contributed by atoms with Gasteiger partial charge in [-0.05, 0) is 18.1 Å². The number of methoxy groups -OCH3 is 1. The average Bonchev–Trinajstić information content (AvgIpc) is 2.05. The molecule has 1 aliphatic rings. The van der Waals surface area contributed by atoms with E-state index in [9.17, 15) is 5.11 Å². The van der Waals surface area contributed by atoms with Gasteiger partial charge in [0, 0.05) is 7.11 Å². The van der Waals surface area contributed by atoms with Gasteiger partial charge in [0.2, 0.25) is 0 Å². The zero-order valence-corrected chi connectivity index (χ0v) is 6.95. The van der Waals surface area contributed by atoms with Gasteiger partial charge in [-0.2, -0.15) is 0 Å². The molecule has 62 valence electrons. The van der Waals surface area contributed by atoms with Crippen molar-refractivity contribution in [1.82, 2.24) is 0 Å². The van der Waals surface area contributed by atoms with Crippen LogP contribution in [-0.4, -0.2) is 24.4 Å². The quantitative estimate of drug-likeness (QED) is 0.649. The highest BCUT2D eigenvalue weighted by Crippen LogP contribution is 2.15. The summed E-state index contributed by atoms with van der Waals surface area (Å²) < 4.78 is 5.06. The Bertz CT molecular complexity index is 182. The highest BCUT2D eigenvalue weighted by atomic mass is 16.5. The lowest BCUT2D eigenvalue weighted by atomic mass is 10.0. The van der Waals surface area contributed by atoms with E-state index in [-0.39, 0.29) is 6.10 Å². The highest BCUT2D eigenvalue weighted by molar-refractivity contribution is 5.26. The van der Waals surface area contributed by atoms with E-state index in [1.807, 2.05) is 12.2 Å². The number of allylic oxidation sites excluding steroid dienone is 2. The molecule has 1 rings (SSSR count).